The van der Waals surface area contributed by atoms with Gasteiger partial charge in [0.05, 0.1) is 11.1 Å². The highest BCUT2D eigenvalue weighted by atomic mass is 35.5. The molecule has 2 N–H and O–H groups in total. The van der Waals surface area contributed by atoms with E-state index in [2.05, 4.69) is 10.3 Å². The maximum absolute atomic E-state index is 13.3. The Morgan fingerprint density at radius 2 is 1.89 bits per heavy atom. The van der Waals surface area contributed by atoms with Crippen molar-refractivity contribution < 1.29 is 9.18 Å². The fraction of sp³-hybridized carbons (Fsp3) is 0.200. The molecule has 2 aromatic carbocycles. The van der Waals surface area contributed by atoms with Gasteiger partial charge in [0.1, 0.15) is 5.82 Å². The zero-order valence-corrected chi connectivity index (χ0v) is 15.9. The van der Waals surface area contributed by atoms with Crippen molar-refractivity contribution in [3.63, 3.8) is 0 Å². The van der Waals surface area contributed by atoms with E-state index >= 15 is 0 Å². The van der Waals surface area contributed by atoms with E-state index in [0.29, 0.717) is 16.8 Å². The van der Waals surface area contributed by atoms with E-state index in [4.69, 9.17) is 11.6 Å². The standard InChI is InChI=1S/C20H19ClFN3O2/c1-11-18(14-6-4-5-7-15(14)19(26)23-11)12(2)25(3)20(27)24-13-8-9-17(22)16(21)10-13/h4-10,12H,1-3H3,(H,23,26)(H,24,27)/t12-/m1/s1. The van der Waals surface area contributed by atoms with Crippen molar-refractivity contribution in [2.24, 2.45) is 0 Å². The summed E-state index contributed by atoms with van der Waals surface area (Å²) in [6, 6.07) is 10.6. The van der Waals surface area contributed by atoms with Crippen LogP contribution in [0.25, 0.3) is 10.8 Å². The molecule has 0 aliphatic rings. The number of rotatable bonds is 3. The molecule has 2 amide bonds. The predicted octanol–water partition coefficient (Wildman–Crippen LogP) is 4.85. The first-order valence-electron chi connectivity index (χ1n) is 8.40. The molecule has 1 heterocycles. The van der Waals surface area contributed by atoms with E-state index in [1.807, 2.05) is 26.0 Å². The quantitative estimate of drug-likeness (QED) is 0.674. The number of hydrogen-bond acceptors (Lipinski definition) is 2. The molecule has 27 heavy (non-hydrogen) atoms. The topological polar surface area (TPSA) is 65.2 Å². The molecule has 0 aliphatic heterocycles. The van der Waals surface area contributed by atoms with Crippen molar-refractivity contribution in [2.45, 2.75) is 19.9 Å². The molecule has 5 nitrogen and oxygen atoms in total. The Labute approximate surface area is 160 Å². The monoisotopic (exact) mass is 387 g/mol. The van der Waals surface area contributed by atoms with Crippen molar-refractivity contribution in [1.29, 1.82) is 0 Å². The van der Waals surface area contributed by atoms with Gasteiger partial charge in [-0.3, -0.25) is 4.79 Å². The number of fused-ring (bicyclic) bond motifs is 1. The molecule has 140 valence electrons. The van der Waals surface area contributed by atoms with E-state index in [1.165, 1.54) is 23.1 Å². The first-order valence-corrected chi connectivity index (χ1v) is 8.77. The van der Waals surface area contributed by atoms with Crippen LogP contribution >= 0.6 is 11.6 Å². The van der Waals surface area contributed by atoms with Gasteiger partial charge in [0.15, 0.2) is 0 Å². The molecule has 7 heteroatoms. The van der Waals surface area contributed by atoms with Crippen LogP contribution in [0.3, 0.4) is 0 Å². The van der Waals surface area contributed by atoms with Crippen LogP contribution < -0.4 is 10.9 Å². The number of hydrogen-bond donors (Lipinski definition) is 2. The molecule has 0 spiro atoms. The van der Waals surface area contributed by atoms with Gasteiger partial charge in [0.25, 0.3) is 5.56 Å². The molecular weight excluding hydrogens is 369 g/mol. The second kappa shape index (κ2) is 7.40. The summed E-state index contributed by atoms with van der Waals surface area (Å²) in [5.41, 5.74) is 1.80. The third kappa shape index (κ3) is 3.66. The highest BCUT2D eigenvalue weighted by molar-refractivity contribution is 6.31. The Balaban J connectivity index is 1.92. The van der Waals surface area contributed by atoms with Crippen LogP contribution in [0.15, 0.2) is 47.3 Å². The van der Waals surface area contributed by atoms with Crippen molar-refractivity contribution >= 4 is 34.1 Å². The number of halogens is 2. The molecular formula is C20H19ClFN3O2. The molecule has 0 bridgehead atoms. The number of carbonyl (C=O) groups is 1. The lowest BCUT2D eigenvalue weighted by molar-refractivity contribution is 0.208. The minimum Gasteiger partial charge on any atom is -0.326 e. The summed E-state index contributed by atoms with van der Waals surface area (Å²) < 4.78 is 13.3. The van der Waals surface area contributed by atoms with Crippen molar-refractivity contribution in [1.82, 2.24) is 9.88 Å². The average Bonchev–Trinajstić information content (AvgIpc) is 2.64. The van der Waals surface area contributed by atoms with Crippen LogP contribution in [0.5, 0.6) is 0 Å². The molecule has 3 rings (SSSR count). The SMILES string of the molecule is Cc1[nH]c(=O)c2ccccc2c1[C@@H](C)N(C)C(=O)Nc1ccc(F)c(Cl)c1. The van der Waals surface area contributed by atoms with Crippen LogP contribution in [-0.4, -0.2) is 23.0 Å². The highest BCUT2D eigenvalue weighted by Crippen LogP contribution is 2.28. The van der Waals surface area contributed by atoms with Gasteiger partial charge in [-0.2, -0.15) is 0 Å². The Morgan fingerprint density at radius 1 is 1.22 bits per heavy atom. The lowest BCUT2D eigenvalue weighted by atomic mass is 9.98. The van der Waals surface area contributed by atoms with E-state index in [-0.39, 0.29) is 22.7 Å². The number of urea groups is 1. The van der Waals surface area contributed by atoms with Gasteiger partial charge in [0.2, 0.25) is 0 Å². The smallest absolute Gasteiger partial charge is 0.322 e. The normalized spacial score (nSPS) is 12.0. The number of pyridine rings is 1. The van der Waals surface area contributed by atoms with Crippen LogP contribution in [0, 0.1) is 12.7 Å². The molecule has 0 fully saturated rings. The van der Waals surface area contributed by atoms with Crippen LogP contribution in [0.2, 0.25) is 5.02 Å². The van der Waals surface area contributed by atoms with Gasteiger partial charge >= 0.3 is 6.03 Å². The summed E-state index contributed by atoms with van der Waals surface area (Å²) in [6.45, 7) is 3.69. The fourth-order valence-electron chi connectivity index (χ4n) is 3.12. The molecule has 0 radical (unpaired) electrons. The van der Waals surface area contributed by atoms with Crippen LogP contribution in [0.4, 0.5) is 14.9 Å². The summed E-state index contributed by atoms with van der Waals surface area (Å²) >= 11 is 5.76. The zero-order valence-electron chi connectivity index (χ0n) is 15.1. The van der Waals surface area contributed by atoms with Crippen molar-refractivity contribution in [3.8, 4) is 0 Å². The summed E-state index contributed by atoms with van der Waals surface area (Å²) in [5.74, 6) is -0.549. The number of carbonyl (C=O) groups excluding carboxylic acids is 1. The third-order valence-corrected chi connectivity index (χ3v) is 4.95. The summed E-state index contributed by atoms with van der Waals surface area (Å²) in [6.07, 6.45) is 0. The molecule has 0 saturated heterocycles. The fourth-order valence-corrected chi connectivity index (χ4v) is 3.30. The number of aromatic amines is 1. The minimum absolute atomic E-state index is 0.0639. The van der Waals surface area contributed by atoms with Crippen LogP contribution in [-0.2, 0) is 0 Å². The van der Waals surface area contributed by atoms with Gasteiger partial charge in [-0.1, -0.05) is 29.8 Å². The predicted molar refractivity (Wildman–Crippen MR) is 106 cm³/mol. The molecule has 3 aromatic rings. The largest absolute Gasteiger partial charge is 0.326 e. The second-order valence-corrected chi connectivity index (χ2v) is 6.79. The highest BCUT2D eigenvalue weighted by Gasteiger charge is 2.22. The van der Waals surface area contributed by atoms with E-state index in [0.717, 1.165) is 10.9 Å². The van der Waals surface area contributed by atoms with E-state index < -0.39 is 5.82 Å². The first-order chi connectivity index (χ1) is 12.8. The Bertz CT molecular complexity index is 1080. The number of benzene rings is 2. The molecule has 1 atom stereocenters. The number of anilines is 1. The Kier molecular flexibility index (Phi) is 5.19. The third-order valence-electron chi connectivity index (χ3n) is 4.66. The lowest BCUT2D eigenvalue weighted by Gasteiger charge is -2.27. The summed E-state index contributed by atoms with van der Waals surface area (Å²) in [7, 11) is 1.66. The van der Waals surface area contributed by atoms with Gasteiger partial charge in [-0.25, -0.2) is 9.18 Å². The van der Waals surface area contributed by atoms with Crippen molar-refractivity contribution in [3.05, 3.63) is 74.9 Å². The Hall–Kier alpha value is -2.86. The maximum atomic E-state index is 13.3. The number of nitrogens with one attached hydrogen (secondary N) is 2. The summed E-state index contributed by atoms with van der Waals surface area (Å²) in [4.78, 5) is 29.2. The van der Waals surface area contributed by atoms with Gasteiger partial charge in [0, 0.05) is 29.4 Å². The number of H-pyrrole nitrogens is 1. The van der Waals surface area contributed by atoms with Gasteiger partial charge < -0.3 is 15.2 Å². The van der Waals surface area contributed by atoms with E-state index in [1.54, 1.807) is 19.2 Å². The summed E-state index contributed by atoms with van der Waals surface area (Å²) in [5, 5.41) is 4.01. The minimum atomic E-state index is -0.549. The first kappa shape index (κ1) is 18.9. The number of nitrogens with zero attached hydrogens (tertiary/aromatic N) is 1. The second-order valence-electron chi connectivity index (χ2n) is 6.38. The average molecular weight is 388 g/mol. The van der Waals surface area contributed by atoms with Crippen molar-refractivity contribution in [2.75, 3.05) is 12.4 Å². The Morgan fingerprint density at radius 3 is 2.56 bits per heavy atom. The molecule has 0 saturated carbocycles. The van der Waals surface area contributed by atoms with Gasteiger partial charge in [-0.05, 0) is 43.5 Å². The number of aryl methyl sites for hydroxylation is 1. The number of aromatic nitrogens is 1. The molecule has 0 aliphatic carbocycles. The van der Waals surface area contributed by atoms with Crippen LogP contribution in [0.1, 0.15) is 24.2 Å². The van der Waals surface area contributed by atoms with Gasteiger partial charge in [-0.15, -0.1) is 0 Å². The zero-order chi connectivity index (χ0) is 19.7. The molecule has 0 unspecified atom stereocenters. The maximum Gasteiger partial charge on any atom is 0.322 e. The molecule has 1 aromatic heterocycles. The lowest BCUT2D eigenvalue weighted by Crippen LogP contribution is -2.34. The number of amides is 2. The van der Waals surface area contributed by atoms with E-state index in [9.17, 15) is 14.0 Å².